The first kappa shape index (κ1) is 11.5. The number of hydrogen-bond donors (Lipinski definition) is 1. The van der Waals surface area contributed by atoms with Crippen LogP contribution < -0.4 is 0 Å². The van der Waals surface area contributed by atoms with Crippen molar-refractivity contribution < 1.29 is 9.90 Å². The fraction of sp³-hybridized carbons (Fsp3) is 0.125. The highest BCUT2D eigenvalue weighted by Gasteiger charge is 2.37. The van der Waals surface area contributed by atoms with E-state index < -0.39 is 11.9 Å². The Labute approximate surface area is 110 Å². The van der Waals surface area contributed by atoms with Crippen molar-refractivity contribution in [2.24, 2.45) is 5.92 Å². The lowest BCUT2D eigenvalue weighted by Gasteiger charge is -2.15. The Hall–Kier alpha value is -2.60. The summed E-state index contributed by atoms with van der Waals surface area (Å²) in [5.74, 6) is -2.50. The summed E-state index contributed by atoms with van der Waals surface area (Å²) in [7, 11) is 0. The number of carbonyl (C=O) groups is 1. The Bertz CT molecular complexity index is 654. The number of hydrogen-bond acceptors (Lipinski definition) is 2. The van der Waals surface area contributed by atoms with Gasteiger partial charge in [-0.15, -0.1) is 0 Å². The first-order valence-electron chi connectivity index (χ1n) is 6.04. The van der Waals surface area contributed by atoms with Crippen molar-refractivity contribution in [2.75, 3.05) is 0 Å². The lowest BCUT2D eigenvalue weighted by molar-refractivity contribution is -0.140. The molecular weight excluding hydrogens is 238 g/mol. The second kappa shape index (κ2) is 4.25. The molecule has 0 radical (unpaired) electrons. The van der Waals surface area contributed by atoms with E-state index in [1.807, 2.05) is 54.6 Å². The Morgan fingerprint density at radius 3 is 1.95 bits per heavy atom. The van der Waals surface area contributed by atoms with Crippen LogP contribution in [0.4, 0.5) is 0 Å². The summed E-state index contributed by atoms with van der Waals surface area (Å²) in [5, 5.41) is 18.4. The summed E-state index contributed by atoms with van der Waals surface area (Å²) < 4.78 is 0. The molecule has 0 aromatic heterocycles. The number of benzene rings is 2. The highest BCUT2D eigenvalue weighted by Crippen LogP contribution is 2.47. The predicted octanol–water partition coefficient (Wildman–Crippen LogP) is 3.02. The van der Waals surface area contributed by atoms with Crippen LogP contribution in [0.1, 0.15) is 17.0 Å². The summed E-state index contributed by atoms with van der Waals surface area (Å²) in [6.07, 6.45) is 0. The second-order valence-corrected chi connectivity index (χ2v) is 4.60. The van der Waals surface area contributed by atoms with Gasteiger partial charge in [-0.2, -0.15) is 5.26 Å². The van der Waals surface area contributed by atoms with Crippen LogP contribution in [0.2, 0.25) is 0 Å². The number of aliphatic carboxylic acids is 1. The molecule has 92 valence electrons. The molecule has 1 aliphatic rings. The van der Waals surface area contributed by atoms with Crippen LogP contribution in [-0.2, 0) is 4.79 Å². The van der Waals surface area contributed by atoms with Crippen LogP contribution >= 0.6 is 0 Å². The SMILES string of the molecule is N#CC(C(=O)O)C1c2ccccc2-c2ccccc21. The van der Waals surface area contributed by atoms with Gasteiger partial charge in [-0.3, -0.25) is 4.79 Å². The molecule has 0 heterocycles. The number of fused-ring (bicyclic) bond motifs is 3. The molecule has 0 bridgehead atoms. The van der Waals surface area contributed by atoms with Crippen LogP contribution in [0, 0.1) is 17.2 Å². The molecule has 0 aliphatic heterocycles. The van der Waals surface area contributed by atoms with Gasteiger partial charge in [-0.05, 0) is 22.3 Å². The minimum absolute atomic E-state index is 0.380. The van der Waals surface area contributed by atoms with Crippen molar-refractivity contribution in [1.29, 1.82) is 5.26 Å². The van der Waals surface area contributed by atoms with E-state index in [-0.39, 0.29) is 5.92 Å². The lowest BCUT2D eigenvalue weighted by Crippen LogP contribution is -2.20. The predicted molar refractivity (Wildman–Crippen MR) is 70.5 cm³/mol. The molecule has 3 nitrogen and oxygen atoms in total. The van der Waals surface area contributed by atoms with Crippen molar-refractivity contribution in [3.05, 3.63) is 59.7 Å². The molecule has 3 rings (SSSR count). The maximum absolute atomic E-state index is 11.3. The van der Waals surface area contributed by atoms with Crippen LogP contribution in [-0.4, -0.2) is 11.1 Å². The van der Waals surface area contributed by atoms with E-state index in [1.54, 1.807) is 0 Å². The number of rotatable bonds is 2. The van der Waals surface area contributed by atoms with Gasteiger partial charge >= 0.3 is 5.97 Å². The summed E-state index contributed by atoms with van der Waals surface area (Å²) in [6, 6.07) is 17.3. The van der Waals surface area contributed by atoms with Crippen molar-refractivity contribution in [3.8, 4) is 17.2 Å². The molecule has 0 fully saturated rings. The molecule has 2 aromatic rings. The molecule has 0 spiro atoms. The van der Waals surface area contributed by atoms with E-state index in [9.17, 15) is 15.2 Å². The van der Waals surface area contributed by atoms with Gasteiger partial charge in [-0.1, -0.05) is 48.5 Å². The van der Waals surface area contributed by atoms with E-state index in [0.717, 1.165) is 22.3 Å². The van der Waals surface area contributed by atoms with E-state index in [4.69, 9.17) is 0 Å². The Morgan fingerprint density at radius 2 is 1.53 bits per heavy atom. The van der Waals surface area contributed by atoms with Gasteiger partial charge in [0, 0.05) is 5.92 Å². The summed E-state index contributed by atoms with van der Waals surface area (Å²) in [6.45, 7) is 0. The molecule has 1 atom stereocenters. The monoisotopic (exact) mass is 249 g/mol. The van der Waals surface area contributed by atoms with Crippen molar-refractivity contribution in [2.45, 2.75) is 5.92 Å². The van der Waals surface area contributed by atoms with Gasteiger partial charge in [-0.25, -0.2) is 0 Å². The molecule has 3 heteroatoms. The molecule has 19 heavy (non-hydrogen) atoms. The average Bonchev–Trinajstić information content (AvgIpc) is 2.75. The average molecular weight is 249 g/mol. The zero-order chi connectivity index (χ0) is 13.4. The quantitative estimate of drug-likeness (QED) is 0.889. The molecule has 0 amide bonds. The van der Waals surface area contributed by atoms with Crippen molar-refractivity contribution in [1.82, 2.24) is 0 Å². The largest absolute Gasteiger partial charge is 0.480 e. The number of carboxylic acids is 1. The third kappa shape index (κ3) is 1.61. The molecule has 1 N–H and O–H groups in total. The first-order valence-corrected chi connectivity index (χ1v) is 6.04. The van der Waals surface area contributed by atoms with Crippen molar-refractivity contribution in [3.63, 3.8) is 0 Å². The Balaban J connectivity index is 2.26. The topological polar surface area (TPSA) is 61.1 Å². The lowest BCUT2D eigenvalue weighted by atomic mass is 9.85. The highest BCUT2D eigenvalue weighted by molar-refractivity contribution is 5.84. The molecule has 0 saturated carbocycles. The van der Waals surface area contributed by atoms with E-state index in [2.05, 4.69) is 0 Å². The van der Waals surface area contributed by atoms with Crippen LogP contribution in [0.25, 0.3) is 11.1 Å². The molecule has 0 saturated heterocycles. The molecule has 2 aromatic carbocycles. The van der Waals surface area contributed by atoms with Gasteiger partial charge in [0.05, 0.1) is 6.07 Å². The zero-order valence-corrected chi connectivity index (χ0v) is 10.1. The van der Waals surface area contributed by atoms with Crippen LogP contribution in [0.3, 0.4) is 0 Å². The van der Waals surface area contributed by atoms with Gasteiger partial charge in [0.1, 0.15) is 0 Å². The maximum Gasteiger partial charge on any atom is 0.321 e. The highest BCUT2D eigenvalue weighted by atomic mass is 16.4. The third-order valence-corrected chi connectivity index (χ3v) is 3.62. The Kier molecular flexibility index (Phi) is 2.57. The van der Waals surface area contributed by atoms with Gasteiger partial charge in [0.2, 0.25) is 0 Å². The molecule has 1 aliphatic carbocycles. The van der Waals surface area contributed by atoms with Gasteiger partial charge in [0.25, 0.3) is 0 Å². The Morgan fingerprint density at radius 1 is 1.05 bits per heavy atom. The fourth-order valence-corrected chi connectivity index (χ4v) is 2.83. The normalized spacial score (nSPS) is 14.3. The number of nitriles is 1. The van der Waals surface area contributed by atoms with E-state index in [1.165, 1.54) is 0 Å². The van der Waals surface area contributed by atoms with Crippen LogP contribution in [0.15, 0.2) is 48.5 Å². The maximum atomic E-state index is 11.3. The number of nitrogens with zero attached hydrogens (tertiary/aromatic N) is 1. The summed E-state index contributed by atoms with van der Waals surface area (Å²) >= 11 is 0. The van der Waals surface area contributed by atoms with Crippen molar-refractivity contribution >= 4 is 5.97 Å². The standard InChI is InChI=1S/C16H11NO2/c17-9-14(16(18)19)15-12-7-3-1-5-10(12)11-6-2-4-8-13(11)15/h1-8,14-15H,(H,18,19). The molecular formula is C16H11NO2. The minimum Gasteiger partial charge on any atom is -0.480 e. The minimum atomic E-state index is -1.07. The van der Waals surface area contributed by atoms with Gasteiger partial charge < -0.3 is 5.11 Å². The second-order valence-electron chi connectivity index (χ2n) is 4.60. The van der Waals surface area contributed by atoms with Gasteiger partial charge in [0.15, 0.2) is 5.92 Å². The smallest absolute Gasteiger partial charge is 0.321 e. The number of carboxylic acid groups (broad SMARTS) is 1. The van der Waals surface area contributed by atoms with E-state index in [0.29, 0.717) is 0 Å². The fourth-order valence-electron chi connectivity index (χ4n) is 2.83. The summed E-state index contributed by atoms with van der Waals surface area (Å²) in [4.78, 5) is 11.3. The van der Waals surface area contributed by atoms with E-state index >= 15 is 0 Å². The zero-order valence-electron chi connectivity index (χ0n) is 10.1. The summed E-state index contributed by atoms with van der Waals surface area (Å²) in [5.41, 5.74) is 3.92. The van der Waals surface area contributed by atoms with Crippen LogP contribution in [0.5, 0.6) is 0 Å². The third-order valence-electron chi connectivity index (χ3n) is 3.62. The first-order chi connectivity index (χ1) is 9.24. The molecule has 1 unspecified atom stereocenters.